The highest BCUT2D eigenvalue weighted by molar-refractivity contribution is 6.32. The first kappa shape index (κ1) is 16.6. The van der Waals surface area contributed by atoms with E-state index in [0.717, 1.165) is 42.9 Å². The fraction of sp³-hybridized carbons (Fsp3) is 0.625. The van der Waals surface area contributed by atoms with Gasteiger partial charge in [0.25, 0.3) is 0 Å². The first-order chi connectivity index (χ1) is 9.97. The number of ether oxygens (including phenoxy) is 1. The molecule has 1 aliphatic heterocycles. The van der Waals surface area contributed by atoms with Gasteiger partial charge in [0.2, 0.25) is 0 Å². The molecule has 5 heteroatoms. The average Bonchev–Trinajstić information content (AvgIpc) is 2.51. The number of aryl methyl sites for hydroxylation is 1. The largest absolute Gasteiger partial charge is 0.496 e. The summed E-state index contributed by atoms with van der Waals surface area (Å²) in [4.78, 5) is 2.30. The van der Waals surface area contributed by atoms with Crippen molar-refractivity contribution in [3.63, 3.8) is 0 Å². The van der Waals surface area contributed by atoms with E-state index >= 15 is 0 Å². The molecule has 21 heavy (non-hydrogen) atoms. The predicted octanol–water partition coefficient (Wildman–Crippen LogP) is 2.29. The molecule has 1 aliphatic rings. The van der Waals surface area contributed by atoms with E-state index in [4.69, 9.17) is 16.3 Å². The summed E-state index contributed by atoms with van der Waals surface area (Å²) in [6.45, 7) is 9.76. The Balaban J connectivity index is 2.33. The molecule has 1 fully saturated rings. The standard InChI is InChI=1S/C16H25ClN2O2/c1-10-9-13(21-4)14(11(2)15(10)17)16(20)12(3)19-7-5-18-6-8-19/h9,12,16,18,20H,5-8H2,1-4H3. The third kappa shape index (κ3) is 3.34. The minimum Gasteiger partial charge on any atom is -0.496 e. The molecule has 1 heterocycles. The van der Waals surface area contributed by atoms with Gasteiger partial charge >= 0.3 is 0 Å². The van der Waals surface area contributed by atoms with Gasteiger partial charge in [0, 0.05) is 42.8 Å². The van der Waals surface area contributed by atoms with Gasteiger partial charge in [-0.2, -0.15) is 0 Å². The Labute approximate surface area is 132 Å². The zero-order valence-corrected chi connectivity index (χ0v) is 14.0. The zero-order chi connectivity index (χ0) is 15.6. The van der Waals surface area contributed by atoms with E-state index in [1.54, 1.807) is 7.11 Å². The Morgan fingerprint density at radius 2 is 1.95 bits per heavy atom. The molecule has 2 unspecified atom stereocenters. The highest BCUT2D eigenvalue weighted by atomic mass is 35.5. The van der Waals surface area contributed by atoms with Crippen molar-refractivity contribution < 1.29 is 9.84 Å². The lowest BCUT2D eigenvalue weighted by atomic mass is 9.94. The molecular formula is C16H25ClN2O2. The summed E-state index contributed by atoms with van der Waals surface area (Å²) in [5.74, 6) is 0.712. The van der Waals surface area contributed by atoms with Crippen molar-refractivity contribution >= 4 is 11.6 Å². The van der Waals surface area contributed by atoms with Crippen molar-refractivity contribution in [1.29, 1.82) is 0 Å². The van der Waals surface area contributed by atoms with Gasteiger partial charge in [-0.1, -0.05) is 11.6 Å². The molecule has 0 radical (unpaired) electrons. The van der Waals surface area contributed by atoms with Crippen LogP contribution < -0.4 is 10.1 Å². The van der Waals surface area contributed by atoms with Crippen molar-refractivity contribution in [2.24, 2.45) is 0 Å². The molecule has 118 valence electrons. The molecule has 0 aromatic heterocycles. The van der Waals surface area contributed by atoms with E-state index < -0.39 is 6.10 Å². The number of hydrogen-bond acceptors (Lipinski definition) is 4. The molecular weight excluding hydrogens is 288 g/mol. The van der Waals surface area contributed by atoms with Crippen LogP contribution in [0.15, 0.2) is 6.07 Å². The smallest absolute Gasteiger partial charge is 0.125 e. The summed E-state index contributed by atoms with van der Waals surface area (Å²) < 4.78 is 5.47. The van der Waals surface area contributed by atoms with Crippen molar-refractivity contribution in [2.45, 2.75) is 32.9 Å². The average molecular weight is 313 g/mol. The van der Waals surface area contributed by atoms with Gasteiger partial charge in [0.15, 0.2) is 0 Å². The van der Waals surface area contributed by atoms with E-state index in [-0.39, 0.29) is 6.04 Å². The van der Waals surface area contributed by atoms with Crippen LogP contribution in [0.25, 0.3) is 0 Å². The summed E-state index contributed by atoms with van der Waals surface area (Å²) in [5, 5.41) is 14.9. The van der Waals surface area contributed by atoms with Crippen molar-refractivity contribution in [3.8, 4) is 5.75 Å². The number of aliphatic hydroxyl groups excluding tert-OH is 1. The van der Waals surface area contributed by atoms with Crippen LogP contribution in [0.3, 0.4) is 0 Å². The molecule has 1 aromatic rings. The molecule has 1 saturated heterocycles. The van der Waals surface area contributed by atoms with Gasteiger partial charge < -0.3 is 15.2 Å². The van der Waals surface area contributed by atoms with Crippen LogP contribution in [-0.4, -0.2) is 49.3 Å². The maximum atomic E-state index is 10.8. The molecule has 4 nitrogen and oxygen atoms in total. The number of piperazine rings is 1. The van der Waals surface area contributed by atoms with Crippen molar-refractivity contribution in [3.05, 3.63) is 27.8 Å². The fourth-order valence-electron chi connectivity index (χ4n) is 3.00. The van der Waals surface area contributed by atoms with E-state index in [9.17, 15) is 5.11 Å². The Hall–Kier alpha value is -0.810. The van der Waals surface area contributed by atoms with Gasteiger partial charge in [0.05, 0.1) is 13.2 Å². The third-order valence-electron chi connectivity index (χ3n) is 4.39. The molecule has 0 bridgehead atoms. The van der Waals surface area contributed by atoms with Gasteiger partial charge in [-0.25, -0.2) is 0 Å². The minimum atomic E-state index is -0.615. The Morgan fingerprint density at radius 3 is 2.52 bits per heavy atom. The molecule has 0 aliphatic carbocycles. The summed E-state index contributed by atoms with van der Waals surface area (Å²) in [7, 11) is 1.63. The molecule has 0 saturated carbocycles. The zero-order valence-electron chi connectivity index (χ0n) is 13.2. The first-order valence-electron chi connectivity index (χ1n) is 7.43. The lowest BCUT2D eigenvalue weighted by Gasteiger charge is -2.36. The SMILES string of the molecule is COc1cc(C)c(Cl)c(C)c1C(O)C(C)N1CCNCC1. The summed E-state index contributed by atoms with van der Waals surface area (Å²) in [6, 6.07) is 1.93. The summed E-state index contributed by atoms with van der Waals surface area (Å²) in [6.07, 6.45) is -0.615. The van der Waals surface area contributed by atoms with Crippen LogP contribution in [0.2, 0.25) is 5.02 Å². The molecule has 1 aromatic carbocycles. The number of hydrogen-bond donors (Lipinski definition) is 2. The van der Waals surface area contributed by atoms with Crippen LogP contribution in [-0.2, 0) is 0 Å². The Kier molecular flexibility index (Phi) is 5.49. The molecule has 2 atom stereocenters. The second-order valence-electron chi connectivity index (χ2n) is 5.72. The number of halogens is 1. The highest BCUT2D eigenvalue weighted by Crippen LogP contribution is 2.37. The number of aliphatic hydroxyl groups is 1. The predicted molar refractivity (Wildman–Crippen MR) is 86.3 cm³/mol. The fourth-order valence-corrected chi connectivity index (χ4v) is 3.16. The van der Waals surface area contributed by atoms with Crippen LogP contribution in [0.4, 0.5) is 0 Å². The molecule has 0 spiro atoms. The Morgan fingerprint density at radius 1 is 1.33 bits per heavy atom. The van der Waals surface area contributed by atoms with Crippen molar-refractivity contribution in [1.82, 2.24) is 10.2 Å². The van der Waals surface area contributed by atoms with Crippen molar-refractivity contribution in [2.75, 3.05) is 33.3 Å². The summed E-state index contributed by atoms with van der Waals surface area (Å²) >= 11 is 6.36. The molecule has 0 amide bonds. The third-order valence-corrected chi connectivity index (χ3v) is 4.97. The molecule has 2 rings (SSSR count). The van der Waals surface area contributed by atoms with Gasteiger partial charge in [-0.05, 0) is 38.0 Å². The highest BCUT2D eigenvalue weighted by Gasteiger charge is 2.28. The van der Waals surface area contributed by atoms with E-state index in [1.807, 2.05) is 19.9 Å². The van der Waals surface area contributed by atoms with Gasteiger partial charge in [-0.3, -0.25) is 4.90 Å². The van der Waals surface area contributed by atoms with Crippen LogP contribution in [0, 0.1) is 13.8 Å². The Bertz CT molecular complexity index is 502. The lowest BCUT2D eigenvalue weighted by molar-refractivity contribution is 0.0491. The minimum absolute atomic E-state index is 0.0264. The second kappa shape index (κ2) is 6.97. The molecule has 2 N–H and O–H groups in total. The number of methoxy groups -OCH3 is 1. The topological polar surface area (TPSA) is 44.7 Å². The maximum absolute atomic E-state index is 10.8. The summed E-state index contributed by atoms with van der Waals surface area (Å²) in [5.41, 5.74) is 2.68. The number of benzene rings is 1. The van der Waals surface area contributed by atoms with E-state index in [2.05, 4.69) is 17.1 Å². The van der Waals surface area contributed by atoms with Crippen LogP contribution in [0.1, 0.15) is 29.7 Å². The van der Waals surface area contributed by atoms with Gasteiger partial charge in [-0.15, -0.1) is 0 Å². The number of rotatable bonds is 4. The van der Waals surface area contributed by atoms with E-state index in [1.165, 1.54) is 0 Å². The maximum Gasteiger partial charge on any atom is 0.125 e. The first-order valence-corrected chi connectivity index (χ1v) is 7.81. The second-order valence-corrected chi connectivity index (χ2v) is 6.10. The lowest BCUT2D eigenvalue weighted by Crippen LogP contribution is -2.49. The van der Waals surface area contributed by atoms with Crippen LogP contribution in [0.5, 0.6) is 5.75 Å². The number of nitrogens with one attached hydrogen (secondary N) is 1. The monoisotopic (exact) mass is 312 g/mol. The quantitative estimate of drug-likeness (QED) is 0.895. The van der Waals surface area contributed by atoms with E-state index in [0.29, 0.717) is 10.8 Å². The normalized spacial score (nSPS) is 19.3. The van der Waals surface area contributed by atoms with Gasteiger partial charge in [0.1, 0.15) is 5.75 Å². The number of nitrogens with zero attached hydrogens (tertiary/aromatic N) is 1. The van der Waals surface area contributed by atoms with Crippen LogP contribution >= 0.6 is 11.6 Å².